The summed E-state index contributed by atoms with van der Waals surface area (Å²) in [7, 11) is -1.75. The first kappa shape index (κ1) is 21.3. The molecule has 8 heteroatoms. The summed E-state index contributed by atoms with van der Waals surface area (Å²) in [4.78, 5) is 23.1. The number of Topliss-reactive ketones (excluding diaryl/α,β-unsaturated/α-hetero) is 1. The lowest BCUT2D eigenvalue weighted by molar-refractivity contribution is -0.124. The fourth-order valence-electron chi connectivity index (χ4n) is 3.12. The van der Waals surface area contributed by atoms with Crippen molar-refractivity contribution in [2.45, 2.75) is 51.6 Å². The molecule has 1 rings (SSSR count). The van der Waals surface area contributed by atoms with E-state index >= 15 is 0 Å². The minimum Gasteiger partial charge on any atom is -0.396 e. The van der Waals surface area contributed by atoms with Gasteiger partial charge in [-0.2, -0.15) is 0 Å². The highest BCUT2D eigenvalue weighted by Crippen LogP contribution is 2.48. The maximum Gasteiger partial charge on any atom is 0.327 e. The topological polar surface area (TPSA) is 102 Å². The normalized spacial score (nSPS) is 26.1. The third-order valence-electron chi connectivity index (χ3n) is 4.45. The van der Waals surface area contributed by atoms with Crippen LogP contribution < -0.4 is 5.32 Å². The standard InChI is InChI=1S/C16H30NO6P/c1-12(19)17-8-6-4-5-7-16(20)15-10-14(9-13(15)11-18)23-24(3,21)22-2/h13-15,18H,4-11H2,1-3H3,(H,17,19)/t13-,14?,15?,24?/m0/s1. The van der Waals surface area contributed by atoms with Crippen LogP contribution in [0.15, 0.2) is 0 Å². The number of aliphatic hydroxyl groups excluding tert-OH is 1. The summed E-state index contributed by atoms with van der Waals surface area (Å²) < 4.78 is 22.2. The van der Waals surface area contributed by atoms with Gasteiger partial charge in [0.05, 0.1) is 6.10 Å². The van der Waals surface area contributed by atoms with Gasteiger partial charge in [-0.3, -0.25) is 14.2 Å². The Kier molecular flexibility index (Phi) is 9.13. The summed E-state index contributed by atoms with van der Waals surface area (Å²) >= 11 is 0. The quantitative estimate of drug-likeness (QED) is 0.431. The largest absolute Gasteiger partial charge is 0.396 e. The van der Waals surface area contributed by atoms with Crippen LogP contribution in [-0.2, 0) is 23.2 Å². The summed E-state index contributed by atoms with van der Waals surface area (Å²) in [5.41, 5.74) is 0. The van der Waals surface area contributed by atoms with Gasteiger partial charge in [0.15, 0.2) is 0 Å². The lowest BCUT2D eigenvalue weighted by atomic mass is 9.90. The number of carbonyl (C=O) groups excluding carboxylic acids is 2. The summed E-state index contributed by atoms with van der Waals surface area (Å²) in [6.07, 6.45) is 3.64. The Morgan fingerprint density at radius 1 is 1.25 bits per heavy atom. The lowest BCUT2D eigenvalue weighted by Gasteiger charge is -2.17. The average molecular weight is 363 g/mol. The van der Waals surface area contributed by atoms with Crippen LogP contribution in [0.5, 0.6) is 0 Å². The Balaban J connectivity index is 2.37. The molecule has 0 spiro atoms. The number of hydrogen-bond donors (Lipinski definition) is 2. The molecule has 140 valence electrons. The average Bonchev–Trinajstić information content (AvgIpc) is 2.92. The van der Waals surface area contributed by atoms with E-state index in [1.807, 2.05) is 0 Å². The van der Waals surface area contributed by atoms with Gasteiger partial charge >= 0.3 is 7.60 Å². The first-order valence-electron chi connectivity index (χ1n) is 8.48. The van der Waals surface area contributed by atoms with E-state index in [2.05, 4.69) is 5.32 Å². The number of hydrogen-bond acceptors (Lipinski definition) is 6. The zero-order chi connectivity index (χ0) is 18.2. The second-order valence-corrected chi connectivity index (χ2v) is 8.58. The van der Waals surface area contributed by atoms with Crippen molar-refractivity contribution in [3.63, 3.8) is 0 Å². The summed E-state index contributed by atoms with van der Waals surface area (Å²) in [6, 6.07) is 0. The number of rotatable bonds is 11. The molecule has 1 saturated carbocycles. The molecule has 3 unspecified atom stereocenters. The van der Waals surface area contributed by atoms with Crippen LogP contribution in [0.1, 0.15) is 45.4 Å². The number of ketones is 1. The molecule has 0 heterocycles. The molecule has 0 aromatic rings. The van der Waals surface area contributed by atoms with Gasteiger partial charge < -0.3 is 19.5 Å². The van der Waals surface area contributed by atoms with E-state index in [-0.39, 0.29) is 36.2 Å². The molecule has 0 aromatic heterocycles. The van der Waals surface area contributed by atoms with Gasteiger partial charge in [0.25, 0.3) is 0 Å². The monoisotopic (exact) mass is 363 g/mol. The van der Waals surface area contributed by atoms with Gasteiger partial charge in [-0.1, -0.05) is 6.42 Å². The minimum absolute atomic E-state index is 0.0434. The molecule has 1 aliphatic carbocycles. The van der Waals surface area contributed by atoms with Crippen molar-refractivity contribution in [3.05, 3.63) is 0 Å². The van der Waals surface area contributed by atoms with E-state index in [0.29, 0.717) is 25.8 Å². The second-order valence-electron chi connectivity index (χ2n) is 6.46. The number of carbonyl (C=O) groups is 2. The highest BCUT2D eigenvalue weighted by molar-refractivity contribution is 7.52. The van der Waals surface area contributed by atoms with Crippen LogP contribution >= 0.6 is 7.60 Å². The van der Waals surface area contributed by atoms with Gasteiger partial charge in [0.2, 0.25) is 5.91 Å². The van der Waals surface area contributed by atoms with E-state index in [4.69, 9.17) is 9.05 Å². The Morgan fingerprint density at radius 2 is 1.96 bits per heavy atom. The third-order valence-corrected chi connectivity index (χ3v) is 5.79. The zero-order valence-electron chi connectivity index (χ0n) is 14.8. The fraction of sp³-hybridized carbons (Fsp3) is 0.875. The molecule has 0 radical (unpaired) electrons. The maximum absolute atomic E-state index is 12.4. The van der Waals surface area contributed by atoms with Gasteiger partial charge in [-0.15, -0.1) is 0 Å². The molecule has 0 saturated heterocycles. The molecule has 0 aromatic carbocycles. The van der Waals surface area contributed by atoms with E-state index in [9.17, 15) is 19.3 Å². The molecular formula is C16H30NO6P. The predicted molar refractivity (Wildman–Crippen MR) is 90.9 cm³/mol. The Morgan fingerprint density at radius 3 is 2.54 bits per heavy atom. The summed E-state index contributed by atoms with van der Waals surface area (Å²) in [5, 5.41) is 12.2. The molecule has 2 N–H and O–H groups in total. The van der Waals surface area contributed by atoms with Gasteiger partial charge in [-0.25, -0.2) is 0 Å². The van der Waals surface area contributed by atoms with Crippen LogP contribution in [0, 0.1) is 11.8 Å². The van der Waals surface area contributed by atoms with Gasteiger partial charge in [0.1, 0.15) is 5.78 Å². The van der Waals surface area contributed by atoms with Crippen molar-refractivity contribution in [3.8, 4) is 0 Å². The van der Waals surface area contributed by atoms with Gasteiger partial charge in [-0.05, 0) is 31.6 Å². The third kappa shape index (κ3) is 7.43. The van der Waals surface area contributed by atoms with Crippen molar-refractivity contribution in [2.24, 2.45) is 11.8 Å². The van der Waals surface area contributed by atoms with Gasteiger partial charge in [0, 0.05) is 46.2 Å². The SMILES string of the molecule is COP(C)(=O)OC1CC(C(=O)CCCCCNC(C)=O)[C@H](CO)C1. The molecule has 1 aliphatic rings. The van der Waals surface area contributed by atoms with Crippen molar-refractivity contribution in [1.82, 2.24) is 5.32 Å². The number of unbranched alkanes of at least 4 members (excludes halogenated alkanes) is 2. The molecule has 1 fully saturated rings. The molecule has 1 amide bonds. The van der Waals surface area contributed by atoms with Crippen molar-refractivity contribution in [2.75, 3.05) is 26.9 Å². The van der Waals surface area contributed by atoms with Crippen molar-refractivity contribution >= 4 is 19.3 Å². The zero-order valence-corrected chi connectivity index (χ0v) is 15.7. The molecule has 24 heavy (non-hydrogen) atoms. The van der Waals surface area contributed by atoms with Crippen LogP contribution in [-0.4, -0.2) is 49.8 Å². The van der Waals surface area contributed by atoms with Crippen LogP contribution in [0.4, 0.5) is 0 Å². The summed E-state index contributed by atoms with van der Waals surface area (Å²) in [5.74, 6) is -0.299. The van der Waals surface area contributed by atoms with Crippen LogP contribution in [0.2, 0.25) is 0 Å². The fourth-order valence-corrected chi connectivity index (χ4v) is 3.92. The van der Waals surface area contributed by atoms with Crippen molar-refractivity contribution in [1.29, 1.82) is 0 Å². The minimum atomic E-state index is -3.09. The molecular weight excluding hydrogens is 333 g/mol. The van der Waals surface area contributed by atoms with E-state index in [1.54, 1.807) is 0 Å². The number of amides is 1. The first-order valence-corrected chi connectivity index (χ1v) is 10.5. The summed E-state index contributed by atoms with van der Waals surface area (Å²) in [6.45, 7) is 3.45. The maximum atomic E-state index is 12.4. The highest BCUT2D eigenvalue weighted by atomic mass is 31.2. The predicted octanol–water partition coefficient (Wildman–Crippen LogP) is 2.12. The Bertz CT molecular complexity index is 469. The molecule has 7 nitrogen and oxygen atoms in total. The molecule has 0 aliphatic heterocycles. The number of aliphatic hydroxyl groups is 1. The molecule has 0 bridgehead atoms. The second kappa shape index (κ2) is 10.3. The smallest absolute Gasteiger partial charge is 0.327 e. The van der Waals surface area contributed by atoms with E-state index in [1.165, 1.54) is 20.7 Å². The highest BCUT2D eigenvalue weighted by Gasteiger charge is 2.40. The van der Waals surface area contributed by atoms with Crippen molar-refractivity contribution < 1.29 is 28.3 Å². The number of nitrogens with one attached hydrogen (secondary N) is 1. The first-order chi connectivity index (χ1) is 11.3. The van der Waals surface area contributed by atoms with Crippen LogP contribution in [0.25, 0.3) is 0 Å². The van der Waals surface area contributed by atoms with Crippen LogP contribution in [0.3, 0.4) is 0 Å². The van der Waals surface area contributed by atoms with E-state index in [0.717, 1.165) is 19.3 Å². The Labute approximate surface area is 144 Å². The molecule has 4 atom stereocenters. The van der Waals surface area contributed by atoms with E-state index < -0.39 is 7.60 Å². The Hall–Kier alpha value is -0.750. The lowest BCUT2D eigenvalue weighted by Crippen LogP contribution is -2.22.